The number of fused-ring (bicyclic) bond motifs is 2. The second kappa shape index (κ2) is 5.33. The minimum Gasteiger partial charge on any atom is -0.290 e. The van der Waals surface area contributed by atoms with Crippen LogP contribution in [-0.4, -0.2) is 14.4 Å². The van der Waals surface area contributed by atoms with Crippen LogP contribution in [0, 0.1) is 0 Å². The number of para-hydroxylation sites is 1. The van der Waals surface area contributed by atoms with Crippen molar-refractivity contribution in [1.29, 1.82) is 0 Å². The van der Waals surface area contributed by atoms with Crippen LogP contribution in [0.3, 0.4) is 0 Å². The van der Waals surface area contributed by atoms with Crippen LogP contribution in [-0.2, 0) is 5.75 Å². The van der Waals surface area contributed by atoms with Gasteiger partial charge in [0, 0.05) is 11.9 Å². The van der Waals surface area contributed by atoms with Crippen molar-refractivity contribution in [3.05, 3.63) is 59.5 Å². The highest BCUT2D eigenvalue weighted by molar-refractivity contribution is 8.00. The third kappa shape index (κ3) is 2.41. The Labute approximate surface area is 134 Å². The van der Waals surface area contributed by atoms with Crippen molar-refractivity contribution in [2.75, 3.05) is 0 Å². The summed E-state index contributed by atoms with van der Waals surface area (Å²) >= 11 is 9.75. The standard InChI is InChI=1S/C15H10ClN3S2/c16-14-11(17-13-7-3-4-8-19(13)14)9-20-15-18-10-5-1-2-6-12(10)21-15/h1-8H,9H2. The van der Waals surface area contributed by atoms with Crippen molar-refractivity contribution in [3.8, 4) is 0 Å². The van der Waals surface area contributed by atoms with Crippen LogP contribution < -0.4 is 0 Å². The first-order valence-electron chi connectivity index (χ1n) is 6.41. The number of nitrogens with zero attached hydrogens (tertiary/aromatic N) is 3. The van der Waals surface area contributed by atoms with Gasteiger partial charge in [-0.05, 0) is 24.3 Å². The molecule has 0 amide bonds. The largest absolute Gasteiger partial charge is 0.290 e. The van der Waals surface area contributed by atoms with E-state index in [9.17, 15) is 0 Å². The summed E-state index contributed by atoms with van der Waals surface area (Å²) in [7, 11) is 0. The van der Waals surface area contributed by atoms with Gasteiger partial charge in [0.1, 0.15) is 10.8 Å². The Bertz CT molecular complexity index is 896. The summed E-state index contributed by atoms with van der Waals surface area (Å²) in [5.74, 6) is 0.723. The van der Waals surface area contributed by atoms with Crippen LogP contribution in [0.15, 0.2) is 53.0 Å². The second-order valence-corrected chi connectivity index (χ2v) is 7.13. The second-order valence-electron chi connectivity index (χ2n) is 4.51. The molecule has 0 fully saturated rings. The van der Waals surface area contributed by atoms with Crippen LogP contribution in [0.4, 0.5) is 0 Å². The summed E-state index contributed by atoms with van der Waals surface area (Å²) in [4.78, 5) is 9.18. The number of halogens is 1. The third-order valence-electron chi connectivity index (χ3n) is 3.14. The van der Waals surface area contributed by atoms with Gasteiger partial charge in [0.25, 0.3) is 0 Å². The number of imidazole rings is 1. The molecule has 0 aliphatic rings. The van der Waals surface area contributed by atoms with Crippen molar-refractivity contribution < 1.29 is 0 Å². The first-order valence-corrected chi connectivity index (χ1v) is 8.59. The van der Waals surface area contributed by atoms with Gasteiger partial charge in [0.05, 0.1) is 15.9 Å². The lowest BCUT2D eigenvalue weighted by Gasteiger charge is -1.95. The Morgan fingerprint density at radius 3 is 2.81 bits per heavy atom. The van der Waals surface area contributed by atoms with E-state index in [-0.39, 0.29) is 0 Å². The van der Waals surface area contributed by atoms with Crippen molar-refractivity contribution in [2.45, 2.75) is 10.1 Å². The molecule has 0 bridgehead atoms. The first kappa shape index (κ1) is 13.1. The average Bonchev–Trinajstić information content (AvgIpc) is 3.07. The lowest BCUT2D eigenvalue weighted by atomic mass is 10.3. The molecule has 4 aromatic rings. The quantitative estimate of drug-likeness (QED) is 0.501. The average molecular weight is 332 g/mol. The molecule has 3 aromatic heterocycles. The third-order valence-corrected chi connectivity index (χ3v) is 5.73. The van der Waals surface area contributed by atoms with E-state index in [1.54, 1.807) is 23.1 Å². The van der Waals surface area contributed by atoms with Gasteiger partial charge in [0.2, 0.25) is 0 Å². The molecule has 3 heterocycles. The summed E-state index contributed by atoms with van der Waals surface area (Å²) in [6.45, 7) is 0. The molecule has 21 heavy (non-hydrogen) atoms. The number of rotatable bonds is 3. The number of hydrogen-bond donors (Lipinski definition) is 0. The predicted molar refractivity (Wildman–Crippen MR) is 89.4 cm³/mol. The Morgan fingerprint density at radius 1 is 1.10 bits per heavy atom. The van der Waals surface area contributed by atoms with E-state index in [1.165, 1.54) is 4.70 Å². The smallest absolute Gasteiger partial charge is 0.151 e. The Balaban J connectivity index is 1.61. The van der Waals surface area contributed by atoms with E-state index in [0.29, 0.717) is 5.15 Å². The van der Waals surface area contributed by atoms with Crippen LogP contribution in [0.2, 0.25) is 5.15 Å². The summed E-state index contributed by atoms with van der Waals surface area (Å²) in [6, 6.07) is 14.0. The minimum absolute atomic E-state index is 0.680. The molecule has 1 aromatic carbocycles. The van der Waals surface area contributed by atoms with Gasteiger partial charge in [-0.15, -0.1) is 11.3 Å². The molecule has 0 atom stereocenters. The van der Waals surface area contributed by atoms with Crippen LogP contribution in [0.1, 0.15) is 5.69 Å². The summed E-state index contributed by atoms with van der Waals surface area (Å²) < 4.78 is 4.15. The fraction of sp³-hybridized carbons (Fsp3) is 0.0667. The molecule has 0 saturated heterocycles. The highest BCUT2D eigenvalue weighted by Gasteiger charge is 2.11. The number of benzene rings is 1. The Kier molecular flexibility index (Phi) is 3.33. The molecular formula is C15H10ClN3S2. The molecule has 0 aliphatic heterocycles. The van der Waals surface area contributed by atoms with Gasteiger partial charge in [-0.25, -0.2) is 9.97 Å². The zero-order valence-electron chi connectivity index (χ0n) is 10.9. The number of thioether (sulfide) groups is 1. The molecule has 104 valence electrons. The summed E-state index contributed by atoms with van der Waals surface area (Å²) in [5.41, 5.74) is 2.82. The van der Waals surface area contributed by atoms with E-state index < -0.39 is 0 Å². The van der Waals surface area contributed by atoms with Gasteiger partial charge < -0.3 is 0 Å². The van der Waals surface area contributed by atoms with Crippen molar-refractivity contribution in [2.24, 2.45) is 0 Å². The molecule has 3 nitrogen and oxygen atoms in total. The maximum absolute atomic E-state index is 6.37. The maximum Gasteiger partial charge on any atom is 0.151 e. The van der Waals surface area contributed by atoms with Crippen LogP contribution in [0.25, 0.3) is 15.9 Å². The summed E-state index contributed by atoms with van der Waals surface area (Å²) in [5, 5.41) is 0.680. The van der Waals surface area contributed by atoms with E-state index in [2.05, 4.69) is 16.0 Å². The zero-order chi connectivity index (χ0) is 14.2. The van der Waals surface area contributed by atoms with Gasteiger partial charge in [-0.1, -0.05) is 41.6 Å². The molecule has 0 unspecified atom stereocenters. The highest BCUT2D eigenvalue weighted by atomic mass is 35.5. The molecule has 0 N–H and O–H groups in total. The highest BCUT2D eigenvalue weighted by Crippen LogP contribution is 2.32. The monoisotopic (exact) mass is 331 g/mol. The van der Waals surface area contributed by atoms with E-state index in [0.717, 1.165) is 27.0 Å². The van der Waals surface area contributed by atoms with Gasteiger partial charge in [-0.3, -0.25) is 4.40 Å². The maximum atomic E-state index is 6.37. The molecule has 0 aliphatic carbocycles. The van der Waals surface area contributed by atoms with E-state index in [1.807, 2.05) is 47.0 Å². The van der Waals surface area contributed by atoms with Crippen LogP contribution in [0.5, 0.6) is 0 Å². The fourth-order valence-electron chi connectivity index (χ4n) is 2.15. The fourth-order valence-corrected chi connectivity index (χ4v) is 4.48. The molecule has 0 saturated carbocycles. The van der Waals surface area contributed by atoms with E-state index >= 15 is 0 Å². The molecule has 0 radical (unpaired) electrons. The Morgan fingerprint density at radius 2 is 1.95 bits per heavy atom. The van der Waals surface area contributed by atoms with Crippen molar-refractivity contribution in [3.63, 3.8) is 0 Å². The van der Waals surface area contributed by atoms with Gasteiger partial charge >= 0.3 is 0 Å². The molecule has 0 spiro atoms. The van der Waals surface area contributed by atoms with Crippen molar-refractivity contribution >= 4 is 50.6 Å². The summed E-state index contributed by atoms with van der Waals surface area (Å²) in [6.07, 6.45) is 1.93. The number of pyridine rings is 1. The molecule has 4 rings (SSSR count). The van der Waals surface area contributed by atoms with E-state index in [4.69, 9.17) is 11.6 Å². The van der Waals surface area contributed by atoms with Gasteiger partial charge in [-0.2, -0.15) is 0 Å². The van der Waals surface area contributed by atoms with Crippen molar-refractivity contribution in [1.82, 2.24) is 14.4 Å². The zero-order valence-corrected chi connectivity index (χ0v) is 13.3. The lowest BCUT2D eigenvalue weighted by molar-refractivity contribution is 1.18. The normalized spacial score (nSPS) is 11.5. The minimum atomic E-state index is 0.680. The van der Waals surface area contributed by atoms with Gasteiger partial charge in [0.15, 0.2) is 4.34 Å². The van der Waals surface area contributed by atoms with Crippen LogP contribution >= 0.6 is 34.7 Å². The topological polar surface area (TPSA) is 30.2 Å². The number of hydrogen-bond acceptors (Lipinski definition) is 4. The SMILES string of the molecule is Clc1c(CSc2nc3ccccc3s2)nc2ccccn12. The molecular weight excluding hydrogens is 322 g/mol. The number of thiazole rings is 1. The number of aromatic nitrogens is 3. The first-order chi connectivity index (χ1) is 10.3. The lowest BCUT2D eigenvalue weighted by Crippen LogP contribution is -1.83. The molecule has 6 heteroatoms. The Hall–Kier alpha value is -1.56. The predicted octanol–water partition coefficient (Wildman–Crippen LogP) is 4.89.